The van der Waals surface area contributed by atoms with Gasteiger partial charge >= 0.3 is 18.0 Å². The summed E-state index contributed by atoms with van der Waals surface area (Å²) in [5.74, 6) is -1.72. The number of aromatic nitrogens is 2. The number of hydrogen-bond acceptors (Lipinski definition) is 6. The first-order valence-corrected chi connectivity index (χ1v) is 13.7. The van der Waals surface area contributed by atoms with Gasteiger partial charge in [-0.25, -0.2) is 18.4 Å². The van der Waals surface area contributed by atoms with Crippen LogP contribution in [0.4, 0.5) is 32.6 Å². The number of rotatable bonds is 2. The molecule has 3 heterocycles. The molecule has 214 valence electrons. The quantitative estimate of drug-likeness (QED) is 0.350. The average molecular weight is 583 g/mol. The lowest BCUT2D eigenvalue weighted by molar-refractivity contribution is -0.137. The molecule has 2 aliphatic rings. The highest BCUT2D eigenvalue weighted by Gasteiger charge is 2.39. The number of ether oxygens (including phenoxy) is 1. The molecule has 7 nitrogen and oxygen atoms in total. The van der Waals surface area contributed by atoms with Gasteiger partial charge in [0.05, 0.1) is 11.1 Å². The summed E-state index contributed by atoms with van der Waals surface area (Å²) in [5.41, 5.74) is -3.07. The van der Waals surface area contributed by atoms with Crippen LogP contribution in [0.25, 0.3) is 22.0 Å². The lowest BCUT2D eigenvalue weighted by Crippen LogP contribution is -2.55. The van der Waals surface area contributed by atoms with Crippen LogP contribution >= 0.6 is 11.8 Å². The minimum atomic E-state index is -4.89. The SMILES string of the molecule is C[C@H]1CN(C(=O)OC(C)(C)C)CCN1c1nc(=O)n2c3c(c(-c4ccc(F)cc4F)c(C(F)(F)F)cc13)SCC2. The van der Waals surface area contributed by atoms with Crippen molar-refractivity contribution in [3.63, 3.8) is 0 Å². The largest absolute Gasteiger partial charge is 0.444 e. The predicted octanol–water partition coefficient (Wildman–Crippen LogP) is 5.91. The van der Waals surface area contributed by atoms with E-state index >= 15 is 0 Å². The van der Waals surface area contributed by atoms with Crippen molar-refractivity contribution in [2.75, 3.05) is 30.3 Å². The van der Waals surface area contributed by atoms with Crippen LogP contribution in [0.1, 0.15) is 33.3 Å². The van der Waals surface area contributed by atoms with Crippen LogP contribution in [-0.4, -0.2) is 57.6 Å². The molecule has 1 aromatic heterocycles. The Bertz CT molecular complexity index is 1570. The van der Waals surface area contributed by atoms with Crippen molar-refractivity contribution in [3.8, 4) is 11.1 Å². The molecular weight excluding hydrogens is 555 g/mol. The number of aryl methyl sites for hydroxylation is 1. The first kappa shape index (κ1) is 28.2. The maximum atomic E-state index is 14.9. The first-order valence-electron chi connectivity index (χ1n) is 12.7. The number of benzene rings is 2. The molecule has 0 bridgehead atoms. The molecule has 0 spiro atoms. The summed E-state index contributed by atoms with van der Waals surface area (Å²) >= 11 is 1.08. The number of thioether (sulfide) groups is 1. The Morgan fingerprint density at radius 1 is 1.10 bits per heavy atom. The molecule has 0 N–H and O–H groups in total. The van der Waals surface area contributed by atoms with Crippen LogP contribution in [0, 0.1) is 11.6 Å². The molecule has 13 heteroatoms. The zero-order valence-electron chi connectivity index (χ0n) is 22.2. The van der Waals surface area contributed by atoms with Gasteiger partial charge in [0, 0.05) is 65.4 Å². The van der Waals surface area contributed by atoms with Crippen molar-refractivity contribution in [3.05, 3.63) is 51.9 Å². The Kier molecular flexibility index (Phi) is 7.00. The number of carbonyl (C=O) groups excluding carboxylic acids is 1. The van der Waals surface area contributed by atoms with Crippen LogP contribution in [0.2, 0.25) is 0 Å². The molecule has 0 radical (unpaired) electrons. The minimum absolute atomic E-state index is 0.0629. The molecular formula is C27H27F5N4O3S. The normalized spacial score (nSPS) is 17.9. The predicted molar refractivity (Wildman–Crippen MR) is 142 cm³/mol. The van der Waals surface area contributed by atoms with Crippen LogP contribution in [0.3, 0.4) is 0 Å². The van der Waals surface area contributed by atoms with Crippen LogP contribution in [-0.2, 0) is 17.5 Å². The van der Waals surface area contributed by atoms with Gasteiger partial charge in [-0.3, -0.25) is 4.57 Å². The van der Waals surface area contributed by atoms with Gasteiger partial charge in [-0.1, -0.05) is 0 Å². The Balaban J connectivity index is 1.69. The number of alkyl halides is 3. The van der Waals surface area contributed by atoms with E-state index in [1.165, 1.54) is 9.47 Å². The smallest absolute Gasteiger partial charge is 0.417 e. The van der Waals surface area contributed by atoms with Crippen molar-refractivity contribution in [2.45, 2.75) is 57.0 Å². The molecule has 1 amide bonds. The van der Waals surface area contributed by atoms with Gasteiger partial charge < -0.3 is 14.5 Å². The summed E-state index contributed by atoms with van der Waals surface area (Å²) in [6.07, 6.45) is -5.40. The Hall–Kier alpha value is -3.35. The molecule has 1 atom stereocenters. The third-order valence-electron chi connectivity index (χ3n) is 6.82. The van der Waals surface area contributed by atoms with E-state index in [1.54, 1.807) is 32.6 Å². The molecule has 2 aliphatic heterocycles. The van der Waals surface area contributed by atoms with E-state index in [0.717, 1.165) is 30.0 Å². The number of halogens is 5. The second-order valence-corrected chi connectivity index (χ2v) is 11.9. The standard InChI is InChI=1S/C27H27F5N4O3S/c1-14-13-34(25(38)39-26(2,3)4)7-8-35(14)23-17-12-18(27(30,31)32)20(16-6-5-15(28)11-19(16)29)22-21(17)36(9-10-40-22)24(37)33-23/h5-6,11-12,14H,7-10,13H2,1-4H3/t14-/m0/s1. The van der Waals surface area contributed by atoms with E-state index in [0.29, 0.717) is 6.07 Å². The summed E-state index contributed by atoms with van der Waals surface area (Å²) in [6, 6.07) is 2.91. The van der Waals surface area contributed by atoms with Crippen molar-refractivity contribution in [1.82, 2.24) is 14.5 Å². The number of carbonyl (C=O) groups is 1. The van der Waals surface area contributed by atoms with E-state index < -0.39 is 57.9 Å². The molecule has 0 saturated carbocycles. The molecule has 2 aromatic carbocycles. The van der Waals surface area contributed by atoms with E-state index in [4.69, 9.17) is 4.74 Å². The number of piperazine rings is 1. The van der Waals surface area contributed by atoms with E-state index in [-0.39, 0.29) is 53.5 Å². The second-order valence-electron chi connectivity index (χ2n) is 10.8. The average Bonchev–Trinajstić information content (AvgIpc) is 2.84. The topological polar surface area (TPSA) is 67.7 Å². The Morgan fingerprint density at radius 3 is 2.45 bits per heavy atom. The van der Waals surface area contributed by atoms with Crippen LogP contribution < -0.4 is 10.6 Å². The van der Waals surface area contributed by atoms with Crippen molar-refractivity contribution in [2.24, 2.45) is 0 Å². The molecule has 0 unspecified atom stereocenters. The van der Waals surface area contributed by atoms with Gasteiger partial charge in [0.1, 0.15) is 23.1 Å². The van der Waals surface area contributed by atoms with Gasteiger partial charge in [-0.2, -0.15) is 18.2 Å². The molecule has 1 fully saturated rings. The molecule has 0 aliphatic carbocycles. The van der Waals surface area contributed by atoms with Gasteiger partial charge in [0.15, 0.2) is 0 Å². The van der Waals surface area contributed by atoms with Crippen LogP contribution in [0.5, 0.6) is 0 Å². The monoisotopic (exact) mass is 582 g/mol. The maximum Gasteiger partial charge on any atom is 0.417 e. The Labute approximate surface area is 230 Å². The molecule has 1 saturated heterocycles. The highest BCUT2D eigenvalue weighted by Crippen LogP contribution is 2.49. The van der Waals surface area contributed by atoms with Gasteiger partial charge in [0.2, 0.25) is 0 Å². The maximum absolute atomic E-state index is 14.9. The summed E-state index contributed by atoms with van der Waals surface area (Å²) in [6.45, 7) is 7.84. The number of nitrogens with zero attached hydrogens (tertiary/aromatic N) is 4. The van der Waals surface area contributed by atoms with Crippen molar-refractivity contribution < 1.29 is 31.5 Å². The first-order chi connectivity index (χ1) is 18.7. The third-order valence-corrected chi connectivity index (χ3v) is 7.89. The number of hydrogen-bond donors (Lipinski definition) is 0. The number of anilines is 1. The van der Waals surface area contributed by atoms with Crippen molar-refractivity contribution in [1.29, 1.82) is 0 Å². The summed E-state index contributed by atoms with van der Waals surface area (Å²) < 4.78 is 78.9. The fourth-order valence-corrected chi connectivity index (χ4v) is 6.35. The van der Waals surface area contributed by atoms with Gasteiger partial charge in [0.25, 0.3) is 0 Å². The highest BCUT2D eigenvalue weighted by molar-refractivity contribution is 7.99. The second kappa shape index (κ2) is 9.93. The summed E-state index contributed by atoms with van der Waals surface area (Å²) in [7, 11) is 0. The van der Waals surface area contributed by atoms with E-state index in [2.05, 4.69) is 4.98 Å². The summed E-state index contributed by atoms with van der Waals surface area (Å²) in [4.78, 5) is 33.3. The van der Waals surface area contributed by atoms with E-state index in [1.807, 2.05) is 0 Å². The molecule has 3 aromatic rings. The lowest BCUT2D eigenvalue weighted by atomic mass is 9.95. The highest BCUT2D eigenvalue weighted by atomic mass is 32.2. The zero-order chi connectivity index (χ0) is 29.1. The molecule has 40 heavy (non-hydrogen) atoms. The lowest BCUT2D eigenvalue weighted by Gasteiger charge is -2.41. The summed E-state index contributed by atoms with van der Waals surface area (Å²) in [5, 5.41) is 0.0953. The fraction of sp³-hybridized carbons (Fsp3) is 0.444. The third kappa shape index (κ3) is 5.11. The Morgan fingerprint density at radius 2 is 1.82 bits per heavy atom. The van der Waals surface area contributed by atoms with Gasteiger partial charge in [-0.05, 0) is 45.9 Å². The molecule has 5 rings (SSSR count). The number of amides is 1. The fourth-order valence-electron chi connectivity index (χ4n) is 5.15. The zero-order valence-corrected chi connectivity index (χ0v) is 23.1. The van der Waals surface area contributed by atoms with E-state index in [9.17, 15) is 31.5 Å². The van der Waals surface area contributed by atoms with Crippen LogP contribution in [0.15, 0.2) is 34.0 Å². The van der Waals surface area contributed by atoms with Gasteiger partial charge in [-0.15, -0.1) is 11.8 Å². The minimum Gasteiger partial charge on any atom is -0.444 e. The van der Waals surface area contributed by atoms with Crippen molar-refractivity contribution >= 4 is 34.6 Å².